The molecular formula is C13H10Cl2F3N5O. The fraction of sp³-hybridized carbons (Fsp3) is 0.154. The van der Waals surface area contributed by atoms with Crippen molar-refractivity contribution in [1.82, 2.24) is 9.97 Å². The smallest absolute Gasteiger partial charge is 0.368 e. The quantitative estimate of drug-likeness (QED) is 0.739. The minimum Gasteiger partial charge on any atom is -0.368 e. The number of nitrogens with one attached hydrogen (secondary N) is 2. The van der Waals surface area contributed by atoms with E-state index in [0.717, 1.165) is 0 Å². The number of aromatic nitrogens is 2. The zero-order valence-corrected chi connectivity index (χ0v) is 13.3. The van der Waals surface area contributed by atoms with Crippen molar-refractivity contribution >= 4 is 46.6 Å². The van der Waals surface area contributed by atoms with E-state index in [-0.39, 0.29) is 11.0 Å². The average Bonchev–Trinajstić information content (AvgIpc) is 2.48. The largest absolute Gasteiger partial charge is 0.421 e. The van der Waals surface area contributed by atoms with Crippen molar-refractivity contribution in [2.45, 2.75) is 6.18 Å². The first-order valence-electron chi connectivity index (χ1n) is 6.35. The molecule has 1 aromatic heterocycles. The Kier molecular flexibility index (Phi) is 5.35. The number of carbonyl (C=O) groups is 1. The van der Waals surface area contributed by atoms with E-state index >= 15 is 0 Å². The topological polar surface area (TPSA) is 92.9 Å². The van der Waals surface area contributed by atoms with Crippen molar-refractivity contribution in [3.8, 4) is 0 Å². The van der Waals surface area contributed by atoms with Gasteiger partial charge in [-0.05, 0) is 18.2 Å². The normalized spacial score (nSPS) is 11.2. The first kappa shape index (κ1) is 18.1. The molecular weight excluding hydrogens is 370 g/mol. The molecule has 0 fully saturated rings. The molecule has 4 N–H and O–H groups in total. The highest BCUT2D eigenvalue weighted by Gasteiger charge is 2.35. The number of nitrogens with two attached hydrogens (primary N) is 1. The fourth-order valence-corrected chi connectivity index (χ4v) is 1.96. The highest BCUT2D eigenvalue weighted by atomic mass is 35.5. The van der Waals surface area contributed by atoms with Gasteiger partial charge in [0.05, 0.1) is 16.6 Å². The molecule has 0 aliphatic heterocycles. The van der Waals surface area contributed by atoms with E-state index in [1.165, 1.54) is 12.1 Å². The third-order valence-electron chi connectivity index (χ3n) is 2.70. The van der Waals surface area contributed by atoms with Gasteiger partial charge in [-0.1, -0.05) is 23.2 Å². The van der Waals surface area contributed by atoms with Crippen LogP contribution < -0.4 is 16.4 Å². The molecule has 0 radical (unpaired) electrons. The van der Waals surface area contributed by atoms with Gasteiger partial charge in [0.2, 0.25) is 11.9 Å². The molecule has 128 valence electrons. The van der Waals surface area contributed by atoms with Crippen molar-refractivity contribution in [3.63, 3.8) is 0 Å². The summed E-state index contributed by atoms with van der Waals surface area (Å²) in [5.74, 6) is -1.53. The second-order valence-electron chi connectivity index (χ2n) is 4.53. The summed E-state index contributed by atoms with van der Waals surface area (Å²) >= 11 is 11.6. The van der Waals surface area contributed by atoms with Gasteiger partial charge in [-0.25, -0.2) is 4.98 Å². The van der Waals surface area contributed by atoms with Crippen LogP contribution in [0.2, 0.25) is 10.0 Å². The van der Waals surface area contributed by atoms with Gasteiger partial charge in [-0.3, -0.25) is 4.79 Å². The standard InChI is InChI=1S/C13H10Cl2F3N5O/c14-8-2-1-6(3-9(8)15)22-12-21-4-7(13(16,17)18)11(23-12)20-5-10(19)24/h1-4H,5H2,(H2,19,24)(H2,20,21,22,23). The van der Waals surface area contributed by atoms with Crippen LogP contribution in [0.15, 0.2) is 24.4 Å². The first-order chi connectivity index (χ1) is 11.2. The number of anilines is 3. The maximum atomic E-state index is 12.9. The third kappa shape index (κ3) is 4.62. The van der Waals surface area contributed by atoms with Gasteiger partial charge in [0, 0.05) is 11.9 Å². The zero-order chi connectivity index (χ0) is 17.9. The molecule has 0 spiro atoms. The number of primary amides is 1. The molecule has 0 saturated heterocycles. The SMILES string of the molecule is NC(=O)CNc1nc(Nc2ccc(Cl)c(Cl)c2)ncc1C(F)(F)F. The number of halogens is 5. The number of amides is 1. The predicted octanol–water partition coefficient (Wildman–Crippen LogP) is 3.44. The number of alkyl halides is 3. The van der Waals surface area contributed by atoms with Crippen LogP contribution in [0.5, 0.6) is 0 Å². The minimum atomic E-state index is -4.69. The Hall–Kier alpha value is -2.26. The molecule has 0 unspecified atom stereocenters. The molecule has 6 nitrogen and oxygen atoms in total. The van der Waals surface area contributed by atoms with Crippen LogP contribution in [0.4, 0.5) is 30.6 Å². The number of hydrogen-bond donors (Lipinski definition) is 3. The number of nitrogens with zero attached hydrogens (tertiary/aromatic N) is 2. The summed E-state index contributed by atoms with van der Waals surface area (Å²) in [5.41, 5.74) is 4.22. The van der Waals surface area contributed by atoms with Gasteiger partial charge >= 0.3 is 6.18 Å². The lowest BCUT2D eigenvalue weighted by molar-refractivity contribution is -0.137. The zero-order valence-electron chi connectivity index (χ0n) is 11.8. The molecule has 2 rings (SSSR count). The van der Waals surface area contributed by atoms with E-state index in [1.807, 2.05) is 0 Å². The molecule has 11 heteroatoms. The van der Waals surface area contributed by atoms with Crippen LogP contribution in [0.25, 0.3) is 0 Å². The molecule has 1 amide bonds. The lowest BCUT2D eigenvalue weighted by Gasteiger charge is -2.14. The molecule has 0 aliphatic rings. The predicted molar refractivity (Wildman–Crippen MR) is 84.5 cm³/mol. The number of benzene rings is 1. The van der Waals surface area contributed by atoms with E-state index in [9.17, 15) is 18.0 Å². The van der Waals surface area contributed by atoms with Crippen molar-refractivity contribution in [3.05, 3.63) is 40.0 Å². The van der Waals surface area contributed by atoms with Crippen LogP contribution >= 0.6 is 23.2 Å². The minimum absolute atomic E-state index is 0.131. The Morgan fingerprint density at radius 2 is 1.96 bits per heavy atom. The number of rotatable bonds is 5. The average molecular weight is 380 g/mol. The van der Waals surface area contributed by atoms with Crippen LogP contribution in [-0.4, -0.2) is 22.4 Å². The van der Waals surface area contributed by atoms with Crippen molar-refractivity contribution in [2.75, 3.05) is 17.2 Å². The van der Waals surface area contributed by atoms with Crippen molar-refractivity contribution < 1.29 is 18.0 Å². The van der Waals surface area contributed by atoms with Crippen LogP contribution in [0, 0.1) is 0 Å². The highest BCUT2D eigenvalue weighted by molar-refractivity contribution is 6.42. The maximum absolute atomic E-state index is 12.9. The molecule has 0 bridgehead atoms. The van der Waals surface area contributed by atoms with Gasteiger partial charge in [-0.2, -0.15) is 18.2 Å². The van der Waals surface area contributed by atoms with E-state index in [1.54, 1.807) is 6.07 Å². The van der Waals surface area contributed by atoms with Gasteiger partial charge in [0.15, 0.2) is 0 Å². The monoisotopic (exact) mass is 379 g/mol. The Labute approximate surface area is 144 Å². The van der Waals surface area contributed by atoms with Gasteiger partial charge in [0.1, 0.15) is 11.4 Å². The summed E-state index contributed by atoms with van der Waals surface area (Å²) in [6.07, 6.45) is -4.10. The molecule has 2 aromatic rings. The summed E-state index contributed by atoms with van der Waals surface area (Å²) in [6, 6.07) is 4.51. The van der Waals surface area contributed by atoms with Crippen molar-refractivity contribution in [2.24, 2.45) is 5.73 Å². The van der Waals surface area contributed by atoms with Gasteiger partial charge < -0.3 is 16.4 Å². The van der Waals surface area contributed by atoms with E-state index in [4.69, 9.17) is 28.9 Å². The molecule has 0 aliphatic carbocycles. The van der Waals surface area contributed by atoms with Crippen molar-refractivity contribution in [1.29, 1.82) is 0 Å². The van der Waals surface area contributed by atoms with E-state index in [0.29, 0.717) is 16.9 Å². The third-order valence-corrected chi connectivity index (χ3v) is 3.44. The van der Waals surface area contributed by atoms with E-state index in [2.05, 4.69) is 20.6 Å². The molecule has 1 heterocycles. The maximum Gasteiger partial charge on any atom is 0.421 e. The fourth-order valence-electron chi connectivity index (χ4n) is 1.66. The summed E-state index contributed by atoms with van der Waals surface area (Å²) in [4.78, 5) is 18.1. The Bertz CT molecular complexity index is 770. The molecule has 24 heavy (non-hydrogen) atoms. The summed E-state index contributed by atoms with van der Waals surface area (Å²) < 4.78 is 38.8. The lowest BCUT2D eigenvalue weighted by atomic mass is 10.3. The molecule has 1 aromatic carbocycles. The first-order valence-corrected chi connectivity index (χ1v) is 7.11. The Morgan fingerprint density at radius 1 is 1.25 bits per heavy atom. The summed E-state index contributed by atoms with van der Waals surface area (Å²) in [6.45, 7) is -0.508. The van der Waals surface area contributed by atoms with Gasteiger partial charge in [-0.15, -0.1) is 0 Å². The van der Waals surface area contributed by atoms with Crippen LogP contribution in [0.3, 0.4) is 0 Å². The van der Waals surface area contributed by atoms with E-state index < -0.39 is 30.0 Å². The number of hydrogen-bond acceptors (Lipinski definition) is 5. The molecule has 0 saturated carbocycles. The second-order valence-corrected chi connectivity index (χ2v) is 5.34. The second kappa shape index (κ2) is 7.10. The molecule has 0 atom stereocenters. The summed E-state index contributed by atoms with van der Waals surface area (Å²) in [7, 11) is 0. The Morgan fingerprint density at radius 3 is 2.54 bits per heavy atom. The van der Waals surface area contributed by atoms with Gasteiger partial charge in [0.25, 0.3) is 0 Å². The van der Waals surface area contributed by atoms with Crippen LogP contribution in [0.1, 0.15) is 5.56 Å². The highest BCUT2D eigenvalue weighted by Crippen LogP contribution is 2.34. The van der Waals surface area contributed by atoms with Crippen LogP contribution in [-0.2, 0) is 11.0 Å². The lowest BCUT2D eigenvalue weighted by Crippen LogP contribution is -2.24. The summed E-state index contributed by atoms with van der Waals surface area (Å²) in [5, 5.41) is 5.49. The number of carbonyl (C=O) groups excluding carboxylic acids is 1. The Balaban J connectivity index is 2.32.